The van der Waals surface area contributed by atoms with Crippen LogP contribution in [0, 0.1) is 6.92 Å². The van der Waals surface area contributed by atoms with Gasteiger partial charge in [0, 0.05) is 12.4 Å². The summed E-state index contributed by atoms with van der Waals surface area (Å²) in [5.74, 6) is 4.29. The van der Waals surface area contributed by atoms with Gasteiger partial charge in [-0.05, 0) is 36.8 Å². The molecule has 1 atom stereocenters. The van der Waals surface area contributed by atoms with Crippen molar-refractivity contribution in [3.8, 4) is 0 Å². The molecule has 2 rings (SSSR count). The SMILES string of the molecule is Cc1cc(Nc2cc(C(F)(F)F)ccn2)nc(/C(N)=C/N(N)CC(O)C(=O)O)c1. The number of aromatic nitrogens is 2. The number of aliphatic hydroxyl groups excluding tert-OH is 1. The van der Waals surface area contributed by atoms with Crippen LogP contribution in [-0.4, -0.2) is 43.8 Å². The van der Waals surface area contributed by atoms with Crippen molar-refractivity contribution in [1.29, 1.82) is 0 Å². The second-order valence-corrected chi connectivity index (χ2v) is 6.10. The van der Waals surface area contributed by atoms with Crippen LogP contribution in [0.4, 0.5) is 24.8 Å². The number of carboxylic acid groups (broad SMARTS) is 1. The van der Waals surface area contributed by atoms with E-state index >= 15 is 0 Å². The predicted octanol–water partition coefficient (Wildman–Crippen LogP) is 1.43. The molecule has 0 saturated carbocycles. The fourth-order valence-electron chi connectivity index (χ4n) is 2.26. The number of halogens is 3. The highest BCUT2D eigenvalue weighted by atomic mass is 19.4. The highest BCUT2D eigenvalue weighted by Crippen LogP contribution is 2.30. The quantitative estimate of drug-likeness (QED) is 0.336. The number of aliphatic hydroxyl groups is 1. The molecule has 2 aromatic rings. The molecule has 0 aliphatic heterocycles. The molecule has 0 aliphatic rings. The number of nitrogens with zero attached hydrogens (tertiary/aromatic N) is 3. The molecule has 0 radical (unpaired) electrons. The van der Waals surface area contributed by atoms with E-state index < -0.39 is 30.4 Å². The highest BCUT2D eigenvalue weighted by Gasteiger charge is 2.30. The van der Waals surface area contributed by atoms with Crippen LogP contribution >= 0.6 is 0 Å². The predicted molar refractivity (Wildman–Crippen MR) is 98.2 cm³/mol. The summed E-state index contributed by atoms with van der Waals surface area (Å²) in [4.78, 5) is 18.7. The smallest absolute Gasteiger partial charge is 0.416 e. The van der Waals surface area contributed by atoms with Crippen LogP contribution in [0.1, 0.15) is 16.8 Å². The summed E-state index contributed by atoms with van der Waals surface area (Å²) in [7, 11) is 0. The van der Waals surface area contributed by atoms with Crippen molar-refractivity contribution in [2.24, 2.45) is 11.6 Å². The fourth-order valence-corrected chi connectivity index (χ4v) is 2.26. The second kappa shape index (κ2) is 8.75. The fraction of sp³-hybridized carbons (Fsp3) is 0.235. The molecule has 0 aromatic carbocycles. The maximum absolute atomic E-state index is 12.8. The Morgan fingerprint density at radius 2 is 2.03 bits per heavy atom. The lowest BCUT2D eigenvalue weighted by Gasteiger charge is -2.17. The molecule has 0 saturated heterocycles. The molecule has 12 heteroatoms. The largest absolute Gasteiger partial charge is 0.479 e. The number of pyridine rings is 2. The van der Waals surface area contributed by atoms with Crippen molar-refractivity contribution < 1.29 is 28.2 Å². The zero-order valence-electron chi connectivity index (χ0n) is 15.2. The van der Waals surface area contributed by atoms with E-state index in [-0.39, 0.29) is 23.0 Å². The first-order chi connectivity index (χ1) is 13.5. The Hall–Kier alpha value is -3.38. The second-order valence-electron chi connectivity index (χ2n) is 6.10. The number of hydrogen-bond acceptors (Lipinski definition) is 8. The Balaban J connectivity index is 2.23. The summed E-state index contributed by atoms with van der Waals surface area (Å²) in [6, 6.07) is 4.87. The highest BCUT2D eigenvalue weighted by molar-refractivity contribution is 5.72. The van der Waals surface area contributed by atoms with Crippen molar-refractivity contribution in [2.45, 2.75) is 19.2 Å². The van der Waals surface area contributed by atoms with E-state index in [4.69, 9.17) is 16.7 Å². The molecule has 0 fully saturated rings. The molecule has 0 aliphatic carbocycles. The van der Waals surface area contributed by atoms with E-state index in [9.17, 15) is 23.1 Å². The molecule has 2 aromatic heterocycles. The summed E-state index contributed by atoms with van der Waals surface area (Å²) in [6.07, 6.45) is -4.02. The molecule has 0 bridgehead atoms. The van der Waals surface area contributed by atoms with Crippen LogP contribution in [0.2, 0.25) is 0 Å². The number of hydrazine groups is 1. The monoisotopic (exact) mass is 412 g/mol. The van der Waals surface area contributed by atoms with Gasteiger partial charge in [0.2, 0.25) is 0 Å². The van der Waals surface area contributed by atoms with Gasteiger partial charge in [-0.15, -0.1) is 0 Å². The Morgan fingerprint density at radius 1 is 1.34 bits per heavy atom. The Kier molecular flexibility index (Phi) is 6.61. The van der Waals surface area contributed by atoms with Crippen LogP contribution in [-0.2, 0) is 11.0 Å². The van der Waals surface area contributed by atoms with Crippen molar-refractivity contribution in [3.05, 3.63) is 53.5 Å². The maximum atomic E-state index is 12.8. The van der Waals surface area contributed by atoms with E-state index in [0.29, 0.717) is 5.56 Å². The van der Waals surface area contributed by atoms with Crippen LogP contribution in [0.5, 0.6) is 0 Å². The van der Waals surface area contributed by atoms with Crippen LogP contribution in [0.25, 0.3) is 5.70 Å². The van der Waals surface area contributed by atoms with E-state index in [1.165, 1.54) is 6.20 Å². The number of carbonyl (C=O) groups is 1. The molecule has 29 heavy (non-hydrogen) atoms. The van der Waals surface area contributed by atoms with Gasteiger partial charge in [0.05, 0.1) is 23.5 Å². The van der Waals surface area contributed by atoms with Gasteiger partial charge >= 0.3 is 12.1 Å². The zero-order valence-corrected chi connectivity index (χ0v) is 15.2. The number of nitrogens with one attached hydrogen (secondary N) is 1. The van der Waals surface area contributed by atoms with E-state index in [1.807, 2.05) is 0 Å². The van der Waals surface area contributed by atoms with Gasteiger partial charge in [0.25, 0.3) is 0 Å². The number of carboxylic acids is 1. The first kappa shape index (κ1) is 21.9. The third kappa shape index (κ3) is 6.33. The third-order valence-corrected chi connectivity index (χ3v) is 3.58. The van der Waals surface area contributed by atoms with Crippen LogP contribution < -0.4 is 16.9 Å². The van der Waals surface area contributed by atoms with Gasteiger partial charge in [-0.2, -0.15) is 13.2 Å². The molecule has 156 valence electrons. The van der Waals surface area contributed by atoms with Crippen molar-refractivity contribution in [1.82, 2.24) is 15.0 Å². The number of hydrogen-bond donors (Lipinski definition) is 5. The average molecular weight is 412 g/mol. The minimum absolute atomic E-state index is 0.0499. The van der Waals surface area contributed by atoms with Gasteiger partial charge < -0.3 is 26.3 Å². The van der Waals surface area contributed by atoms with Crippen molar-refractivity contribution >= 4 is 23.3 Å². The van der Waals surface area contributed by atoms with Crippen LogP contribution in [0.15, 0.2) is 36.7 Å². The molecule has 1 unspecified atom stereocenters. The molecule has 7 N–H and O–H groups in total. The normalized spacial score (nSPS) is 13.1. The number of alkyl halides is 3. The molecular weight excluding hydrogens is 393 g/mol. The summed E-state index contributed by atoms with van der Waals surface area (Å²) in [6.45, 7) is 1.30. The maximum Gasteiger partial charge on any atom is 0.416 e. The van der Waals surface area contributed by atoms with Gasteiger partial charge in [0.15, 0.2) is 6.10 Å². The first-order valence-corrected chi connectivity index (χ1v) is 8.14. The summed E-state index contributed by atoms with van der Waals surface area (Å²) >= 11 is 0. The zero-order chi connectivity index (χ0) is 21.8. The third-order valence-electron chi connectivity index (χ3n) is 3.58. The van der Waals surface area contributed by atoms with E-state index in [1.54, 1.807) is 19.1 Å². The van der Waals surface area contributed by atoms with Gasteiger partial charge in [0.1, 0.15) is 11.6 Å². The molecule has 0 amide bonds. The van der Waals surface area contributed by atoms with Crippen molar-refractivity contribution in [3.63, 3.8) is 0 Å². The Bertz CT molecular complexity index is 920. The summed E-state index contributed by atoms with van der Waals surface area (Å²) < 4.78 is 38.5. The molecular formula is C17H19F3N6O3. The Labute approximate surface area is 163 Å². The lowest BCUT2D eigenvalue weighted by molar-refractivity contribution is -0.147. The van der Waals surface area contributed by atoms with Gasteiger partial charge in [-0.25, -0.2) is 20.6 Å². The summed E-state index contributed by atoms with van der Waals surface area (Å²) in [5.41, 5.74) is 6.03. The number of aryl methyl sites for hydroxylation is 1. The Morgan fingerprint density at radius 3 is 2.66 bits per heavy atom. The van der Waals surface area contributed by atoms with Crippen molar-refractivity contribution in [2.75, 3.05) is 11.9 Å². The molecule has 9 nitrogen and oxygen atoms in total. The number of aliphatic carboxylic acids is 1. The lowest BCUT2D eigenvalue weighted by atomic mass is 10.2. The van der Waals surface area contributed by atoms with Crippen LogP contribution in [0.3, 0.4) is 0 Å². The van der Waals surface area contributed by atoms with Gasteiger partial charge in [-0.1, -0.05) is 0 Å². The number of rotatable bonds is 7. The van der Waals surface area contributed by atoms with E-state index in [2.05, 4.69) is 15.3 Å². The summed E-state index contributed by atoms with van der Waals surface area (Å²) in [5, 5.41) is 21.6. The average Bonchev–Trinajstić information content (AvgIpc) is 2.60. The minimum Gasteiger partial charge on any atom is -0.479 e. The number of nitrogens with two attached hydrogens (primary N) is 2. The first-order valence-electron chi connectivity index (χ1n) is 8.14. The lowest BCUT2D eigenvalue weighted by Crippen LogP contribution is -2.38. The molecule has 0 spiro atoms. The van der Waals surface area contributed by atoms with Gasteiger partial charge in [-0.3, -0.25) is 0 Å². The minimum atomic E-state index is -4.51. The number of anilines is 2. The van der Waals surface area contributed by atoms with E-state index in [0.717, 1.165) is 23.3 Å². The standard InChI is InChI=1S/C17H19F3N6O3/c1-9-4-12(11(21)7-26(22)8-13(27)16(28)29)24-15(5-9)25-14-6-10(2-3-23-14)17(18,19)20/h2-7,13,27H,8,21-22H2,1H3,(H,28,29)(H,23,24,25)/b11-7-. The topological polar surface area (TPSA) is 151 Å². The molecule has 2 heterocycles.